The maximum Gasteiger partial charge on any atom is 0.435 e. The lowest BCUT2D eigenvalue weighted by molar-refractivity contribution is -0.176. The van der Waals surface area contributed by atoms with Gasteiger partial charge in [0.15, 0.2) is 0 Å². The highest BCUT2D eigenvalue weighted by Gasteiger charge is 2.28. The third-order valence-electron chi connectivity index (χ3n) is 2.69. The van der Waals surface area contributed by atoms with E-state index in [9.17, 15) is 9.90 Å². The first-order valence-electron chi connectivity index (χ1n) is 7.00. The van der Waals surface area contributed by atoms with Crippen molar-refractivity contribution < 1.29 is 19.5 Å². The van der Waals surface area contributed by atoms with Crippen LogP contribution in [0.1, 0.15) is 26.3 Å². The third-order valence-corrected chi connectivity index (χ3v) is 3.43. The molecule has 1 amide bonds. The lowest BCUT2D eigenvalue weighted by atomic mass is 10.2. The van der Waals surface area contributed by atoms with Crippen molar-refractivity contribution in [3.05, 3.63) is 46.5 Å². The van der Waals surface area contributed by atoms with Gasteiger partial charge in [0.2, 0.25) is 0 Å². The van der Waals surface area contributed by atoms with E-state index in [2.05, 4.69) is 6.58 Å². The maximum absolute atomic E-state index is 12.2. The zero-order chi connectivity index (χ0) is 17.6. The predicted molar refractivity (Wildman–Crippen MR) is 90.4 cm³/mol. The highest BCUT2D eigenvalue weighted by Crippen LogP contribution is 2.23. The van der Waals surface area contributed by atoms with Gasteiger partial charge in [-0.25, -0.2) is 4.79 Å². The number of benzene rings is 1. The van der Waals surface area contributed by atoms with Crippen LogP contribution in [0.5, 0.6) is 0 Å². The Balaban J connectivity index is 2.85. The van der Waals surface area contributed by atoms with Gasteiger partial charge in [-0.2, -0.15) is 5.06 Å². The molecule has 0 fully saturated rings. The van der Waals surface area contributed by atoms with Crippen molar-refractivity contribution in [2.45, 2.75) is 39.0 Å². The third kappa shape index (κ3) is 6.39. The van der Waals surface area contributed by atoms with E-state index in [0.717, 1.165) is 5.06 Å². The molecule has 1 rings (SSSR count). The summed E-state index contributed by atoms with van der Waals surface area (Å²) < 4.78 is 5.27. The summed E-state index contributed by atoms with van der Waals surface area (Å²) in [6.07, 6.45) is 0.690. The van der Waals surface area contributed by atoms with Crippen LogP contribution in [0.4, 0.5) is 4.79 Å². The summed E-state index contributed by atoms with van der Waals surface area (Å²) >= 11 is 11.8. The Morgan fingerprint density at radius 3 is 2.52 bits per heavy atom. The first-order chi connectivity index (χ1) is 10.7. The molecular formula is C16H21Cl2NO4. The molecule has 128 valence electrons. The van der Waals surface area contributed by atoms with E-state index in [1.807, 2.05) is 0 Å². The highest BCUT2D eigenvalue weighted by molar-refractivity contribution is 6.42. The summed E-state index contributed by atoms with van der Waals surface area (Å²) in [5, 5.41) is 11.2. The molecule has 0 aliphatic rings. The fourth-order valence-electron chi connectivity index (χ4n) is 1.61. The van der Waals surface area contributed by atoms with Crippen molar-refractivity contribution in [2.75, 3.05) is 6.61 Å². The molecule has 0 spiro atoms. The second-order valence-corrected chi connectivity index (χ2v) is 6.63. The zero-order valence-electron chi connectivity index (χ0n) is 13.4. The molecule has 0 saturated heterocycles. The molecule has 0 aliphatic heterocycles. The molecule has 1 atom stereocenters. The standard InChI is InChI=1S/C16H21Cl2NO4/c1-5-12(9-20)19(15(21)23-16(2,3)4)22-10-11-6-7-13(17)14(18)8-11/h5-8,12,20H,1,9-10H2,2-4H3/t12-/m0/s1. The first-order valence-corrected chi connectivity index (χ1v) is 7.76. The monoisotopic (exact) mass is 361 g/mol. The van der Waals surface area contributed by atoms with E-state index < -0.39 is 17.7 Å². The first kappa shape index (κ1) is 19.8. The van der Waals surface area contributed by atoms with Crippen molar-refractivity contribution in [1.82, 2.24) is 5.06 Å². The Kier molecular flexibility index (Phi) is 7.35. The van der Waals surface area contributed by atoms with Crippen LogP contribution in [0, 0.1) is 0 Å². The van der Waals surface area contributed by atoms with Gasteiger partial charge in [-0.05, 0) is 38.5 Å². The number of carbonyl (C=O) groups excluding carboxylic acids is 1. The SMILES string of the molecule is C=C[C@@H](CO)N(OCc1ccc(Cl)c(Cl)c1)C(=O)OC(C)(C)C. The molecule has 0 heterocycles. The van der Waals surface area contributed by atoms with Gasteiger partial charge in [0, 0.05) is 0 Å². The van der Waals surface area contributed by atoms with Gasteiger partial charge >= 0.3 is 6.09 Å². The van der Waals surface area contributed by atoms with Crippen LogP contribution in [-0.2, 0) is 16.2 Å². The molecule has 0 aliphatic carbocycles. The Hall–Kier alpha value is -1.27. The van der Waals surface area contributed by atoms with Crippen LogP contribution in [0.25, 0.3) is 0 Å². The topological polar surface area (TPSA) is 59.0 Å². The van der Waals surface area contributed by atoms with Gasteiger partial charge in [0.1, 0.15) is 18.2 Å². The number of rotatable bonds is 6. The highest BCUT2D eigenvalue weighted by atomic mass is 35.5. The Morgan fingerprint density at radius 2 is 2.04 bits per heavy atom. The van der Waals surface area contributed by atoms with Gasteiger partial charge in [-0.1, -0.05) is 35.3 Å². The normalized spacial score (nSPS) is 12.6. The van der Waals surface area contributed by atoms with Crippen LogP contribution in [0.2, 0.25) is 10.0 Å². The van der Waals surface area contributed by atoms with E-state index in [4.69, 9.17) is 32.8 Å². The number of nitrogens with zero attached hydrogens (tertiary/aromatic N) is 1. The van der Waals surface area contributed by atoms with Crippen LogP contribution in [0.3, 0.4) is 0 Å². The molecule has 0 unspecified atom stereocenters. The van der Waals surface area contributed by atoms with Crippen molar-refractivity contribution in [1.29, 1.82) is 0 Å². The summed E-state index contributed by atoms with van der Waals surface area (Å²) in [5.41, 5.74) is 0.0254. The Bertz CT molecular complexity index is 558. The van der Waals surface area contributed by atoms with E-state index in [0.29, 0.717) is 15.6 Å². The van der Waals surface area contributed by atoms with Crippen molar-refractivity contribution in [2.24, 2.45) is 0 Å². The lowest BCUT2D eigenvalue weighted by Crippen LogP contribution is -2.44. The van der Waals surface area contributed by atoms with Crippen LogP contribution in [-0.4, -0.2) is 34.5 Å². The number of hydrogen-bond donors (Lipinski definition) is 1. The van der Waals surface area contributed by atoms with Crippen molar-refractivity contribution in [3.63, 3.8) is 0 Å². The second-order valence-electron chi connectivity index (χ2n) is 5.81. The minimum absolute atomic E-state index is 0.0560. The number of hydroxylamine groups is 2. The van der Waals surface area contributed by atoms with E-state index >= 15 is 0 Å². The van der Waals surface area contributed by atoms with Gasteiger partial charge in [-0.3, -0.25) is 4.84 Å². The van der Waals surface area contributed by atoms with Gasteiger partial charge < -0.3 is 9.84 Å². The quantitative estimate of drug-likeness (QED) is 0.608. The Morgan fingerprint density at radius 1 is 1.39 bits per heavy atom. The smallest absolute Gasteiger partial charge is 0.435 e. The largest absolute Gasteiger partial charge is 0.442 e. The molecule has 0 bridgehead atoms. The number of aliphatic hydroxyl groups is 1. The average Bonchev–Trinajstić information content (AvgIpc) is 2.45. The lowest BCUT2D eigenvalue weighted by Gasteiger charge is -2.30. The molecule has 0 saturated carbocycles. The van der Waals surface area contributed by atoms with Gasteiger partial charge in [0.25, 0.3) is 0 Å². The summed E-state index contributed by atoms with van der Waals surface area (Å²) in [5.74, 6) is 0. The summed E-state index contributed by atoms with van der Waals surface area (Å²) in [4.78, 5) is 17.7. The molecule has 23 heavy (non-hydrogen) atoms. The molecule has 1 N–H and O–H groups in total. The van der Waals surface area contributed by atoms with E-state index in [-0.39, 0.29) is 13.2 Å². The minimum Gasteiger partial charge on any atom is -0.442 e. The van der Waals surface area contributed by atoms with Crippen LogP contribution in [0.15, 0.2) is 30.9 Å². The van der Waals surface area contributed by atoms with Gasteiger partial charge in [-0.15, -0.1) is 6.58 Å². The number of ether oxygens (including phenoxy) is 1. The Labute approximate surface area is 146 Å². The number of amides is 1. The molecule has 0 aromatic heterocycles. The zero-order valence-corrected chi connectivity index (χ0v) is 14.9. The number of carbonyl (C=O) groups is 1. The number of aliphatic hydroxyl groups excluding tert-OH is 1. The van der Waals surface area contributed by atoms with Crippen molar-refractivity contribution in [3.8, 4) is 0 Å². The number of halogens is 2. The maximum atomic E-state index is 12.2. The van der Waals surface area contributed by atoms with Gasteiger partial charge in [0.05, 0.1) is 16.7 Å². The fraction of sp³-hybridized carbons (Fsp3) is 0.438. The van der Waals surface area contributed by atoms with E-state index in [1.54, 1.807) is 39.0 Å². The van der Waals surface area contributed by atoms with Crippen LogP contribution < -0.4 is 0 Å². The molecule has 0 radical (unpaired) electrons. The van der Waals surface area contributed by atoms with E-state index in [1.165, 1.54) is 6.08 Å². The minimum atomic E-state index is -0.729. The van der Waals surface area contributed by atoms with Crippen LogP contribution >= 0.6 is 23.2 Å². The number of hydrogen-bond acceptors (Lipinski definition) is 4. The summed E-state index contributed by atoms with van der Waals surface area (Å²) in [6, 6.07) is 4.27. The molecular weight excluding hydrogens is 341 g/mol. The molecule has 7 heteroatoms. The predicted octanol–water partition coefficient (Wildman–Crippen LogP) is 4.21. The molecule has 1 aromatic rings. The molecule has 1 aromatic carbocycles. The second kappa shape index (κ2) is 8.55. The fourth-order valence-corrected chi connectivity index (χ4v) is 1.93. The summed E-state index contributed by atoms with van der Waals surface area (Å²) in [7, 11) is 0. The summed E-state index contributed by atoms with van der Waals surface area (Å²) in [6.45, 7) is 8.52. The average molecular weight is 362 g/mol. The van der Waals surface area contributed by atoms with Crippen molar-refractivity contribution >= 4 is 29.3 Å². The molecule has 5 nitrogen and oxygen atoms in total.